The van der Waals surface area contributed by atoms with E-state index in [0.717, 1.165) is 11.4 Å². The highest BCUT2D eigenvalue weighted by molar-refractivity contribution is 7.07. The number of aryl methyl sites for hydroxylation is 1. The van der Waals surface area contributed by atoms with E-state index in [2.05, 4.69) is 10.1 Å². The Balaban J connectivity index is 2.36. The number of rotatable bonds is 2. The van der Waals surface area contributed by atoms with Gasteiger partial charge in [0.15, 0.2) is 0 Å². The van der Waals surface area contributed by atoms with Crippen LogP contribution in [-0.2, 0) is 0 Å². The monoisotopic (exact) mass is 208 g/mol. The van der Waals surface area contributed by atoms with E-state index in [9.17, 15) is 0 Å². The molecule has 2 N–H and O–H groups in total. The Kier molecular flexibility index (Phi) is 2.25. The molecule has 0 radical (unpaired) electrons. The van der Waals surface area contributed by atoms with Gasteiger partial charge < -0.3 is 5.73 Å². The van der Waals surface area contributed by atoms with E-state index in [1.54, 1.807) is 16.0 Å². The summed E-state index contributed by atoms with van der Waals surface area (Å²) in [6, 6.07) is 1.97. The van der Waals surface area contributed by atoms with Gasteiger partial charge in [-0.1, -0.05) is 0 Å². The Morgan fingerprint density at radius 2 is 2.36 bits per heavy atom. The number of anilines is 1. The first-order valence-corrected chi connectivity index (χ1v) is 5.32. The molecule has 4 nitrogen and oxygen atoms in total. The molecule has 0 amide bonds. The van der Waals surface area contributed by atoms with Crippen LogP contribution in [0.5, 0.6) is 0 Å². The van der Waals surface area contributed by atoms with Crippen LogP contribution in [0.2, 0.25) is 0 Å². The SMILES string of the molecule is Cc1cc(N)n(C(C)c2cscn2)n1. The fraction of sp³-hybridized carbons (Fsp3) is 0.333. The minimum Gasteiger partial charge on any atom is -0.384 e. The highest BCUT2D eigenvalue weighted by atomic mass is 32.1. The number of nitrogen functional groups attached to an aromatic ring is 1. The highest BCUT2D eigenvalue weighted by Crippen LogP contribution is 2.20. The summed E-state index contributed by atoms with van der Waals surface area (Å²) in [4.78, 5) is 4.25. The van der Waals surface area contributed by atoms with Crippen LogP contribution in [-0.4, -0.2) is 14.8 Å². The van der Waals surface area contributed by atoms with E-state index in [0.29, 0.717) is 5.82 Å². The zero-order valence-electron chi connectivity index (χ0n) is 8.14. The summed E-state index contributed by atoms with van der Waals surface area (Å²) in [5.41, 5.74) is 9.58. The van der Waals surface area contributed by atoms with Crippen LogP contribution in [0, 0.1) is 6.92 Å². The lowest BCUT2D eigenvalue weighted by molar-refractivity contribution is 0.558. The van der Waals surface area contributed by atoms with Crippen LogP contribution in [0.1, 0.15) is 24.4 Å². The summed E-state index contributed by atoms with van der Waals surface area (Å²) in [6.07, 6.45) is 0. The lowest BCUT2D eigenvalue weighted by atomic mass is 10.3. The topological polar surface area (TPSA) is 56.7 Å². The predicted octanol–water partition coefficient (Wildman–Crippen LogP) is 1.84. The van der Waals surface area contributed by atoms with Crippen LogP contribution in [0.3, 0.4) is 0 Å². The molecule has 1 unspecified atom stereocenters. The van der Waals surface area contributed by atoms with Crippen molar-refractivity contribution in [2.24, 2.45) is 0 Å². The number of nitrogens with two attached hydrogens (primary N) is 1. The van der Waals surface area contributed by atoms with Crippen molar-refractivity contribution in [1.82, 2.24) is 14.8 Å². The molecule has 0 aromatic carbocycles. The third-order valence-electron chi connectivity index (χ3n) is 2.13. The number of aromatic nitrogens is 3. The molecule has 0 spiro atoms. The maximum absolute atomic E-state index is 5.82. The van der Waals surface area contributed by atoms with Gasteiger partial charge in [0, 0.05) is 11.4 Å². The quantitative estimate of drug-likeness (QED) is 0.819. The second-order valence-electron chi connectivity index (χ2n) is 3.24. The van der Waals surface area contributed by atoms with Gasteiger partial charge >= 0.3 is 0 Å². The van der Waals surface area contributed by atoms with Crippen LogP contribution >= 0.6 is 11.3 Å². The van der Waals surface area contributed by atoms with Crippen molar-refractivity contribution in [3.05, 3.63) is 28.3 Å². The van der Waals surface area contributed by atoms with Gasteiger partial charge in [0.2, 0.25) is 0 Å². The van der Waals surface area contributed by atoms with Crippen molar-refractivity contribution >= 4 is 17.2 Å². The van der Waals surface area contributed by atoms with Crippen molar-refractivity contribution in [2.45, 2.75) is 19.9 Å². The Hall–Kier alpha value is -1.36. The molecule has 0 aliphatic carbocycles. The van der Waals surface area contributed by atoms with Crippen LogP contribution in [0.4, 0.5) is 5.82 Å². The van der Waals surface area contributed by atoms with Gasteiger partial charge in [0.25, 0.3) is 0 Å². The van der Waals surface area contributed by atoms with E-state index < -0.39 is 0 Å². The molecule has 1 atom stereocenters. The Morgan fingerprint density at radius 3 is 2.86 bits per heavy atom. The molecular weight excluding hydrogens is 196 g/mol. The molecule has 5 heteroatoms. The van der Waals surface area contributed by atoms with E-state index in [4.69, 9.17) is 5.73 Å². The maximum atomic E-state index is 5.82. The summed E-state index contributed by atoms with van der Waals surface area (Å²) in [5.74, 6) is 0.683. The second-order valence-corrected chi connectivity index (χ2v) is 3.96. The molecule has 2 aromatic heterocycles. The fourth-order valence-corrected chi connectivity index (χ4v) is 2.04. The van der Waals surface area contributed by atoms with E-state index in [1.807, 2.05) is 30.8 Å². The molecular formula is C9H12N4S. The van der Waals surface area contributed by atoms with Crippen molar-refractivity contribution < 1.29 is 0 Å². The zero-order chi connectivity index (χ0) is 10.1. The Bertz CT molecular complexity index is 418. The number of hydrogen-bond donors (Lipinski definition) is 1. The first-order valence-electron chi connectivity index (χ1n) is 4.38. The predicted molar refractivity (Wildman–Crippen MR) is 57.3 cm³/mol. The second kappa shape index (κ2) is 3.42. The molecule has 0 aliphatic rings. The summed E-state index contributed by atoms with van der Waals surface area (Å²) < 4.78 is 1.80. The Morgan fingerprint density at radius 1 is 1.57 bits per heavy atom. The van der Waals surface area contributed by atoms with Gasteiger partial charge in [-0.05, 0) is 13.8 Å². The van der Waals surface area contributed by atoms with Crippen molar-refractivity contribution in [3.8, 4) is 0 Å². The molecule has 2 aromatic rings. The molecule has 0 aliphatic heterocycles. The molecule has 0 saturated heterocycles. The van der Waals surface area contributed by atoms with E-state index in [1.165, 1.54) is 0 Å². The summed E-state index contributed by atoms with van der Waals surface area (Å²) in [7, 11) is 0. The Labute approximate surface area is 86.4 Å². The summed E-state index contributed by atoms with van der Waals surface area (Å²) in [6.45, 7) is 3.97. The average Bonchev–Trinajstić information content (AvgIpc) is 2.73. The molecule has 74 valence electrons. The van der Waals surface area contributed by atoms with Gasteiger partial charge in [-0.3, -0.25) is 0 Å². The van der Waals surface area contributed by atoms with Gasteiger partial charge in [-0.15, -0.1) is 11.3 Å². The van der Waals surface area contributed by atoms with E-state index >= 15 is 0 Å². The van der Waals surface area contributed by atoms with Crippen LogP contribution < -0.4 is 5.73 Å². The normalized spacial score (nSPS) is 13.0. The lowest BCUT2D eigenvalue weighted by Crippen LogP contribution is -2.11. The first kappa shape index (κ1) is 9.21. The first-order chi connectivity index (χ1) is 6.68. The van der Waals surface area contributed by atoms with Gasteiger partial charge in [-0.2, -0.15) is 5.10 Å². The zero-order valence-corrected chi connectivity index (χ0v) is 8.95. The van der Waals surface area contributed by atoms with Gasteiger partial charge in [0.1, 0.15) is 5.82 Å². The number of hydrogen-bond acceptors (Lipinski definition) is 4. The van der Waals surface area contributed by atoms with Crippen LogP contribution in [0.15, 0.2) is 17.0 Å². The minimum absolute atomic E-state index is 0.106. The molecule has 0 bridgehead atoms. The standard InChI is InChI=1S/C9H12N4S/c1-6-3-9(10)13(12-6)7(2)8-4-14-5-11-8/h3-5,7H,10H2,1-2H3. The third kappa shape index (κ3) is 1.50. The van der Waals surface area contributed by atoms with Gasteiger partial charge in [-0.25, -0.2) is 9.67 Å². The summed E-state index contributed by atoms with van der Waals surface area (Å²) in [5, 5.41) is 6.34. The average molecular weight is 208 g/mol. The van der Waals surface area contributed by atoms with Crippen molar-refractivity contribution in [1.29, 1.82) is 0 Å². The van der Waals surface area contributed by atoms with Crippen LogP contribution in [0.25, 0.3) is 0 Å². The highest BCUT2D eigenvalue weighted by Gasteiger charge is 2.13. The number of thiazole rings is 1. The molecule has 0 fully saturated rings. The minimum atomic E-state index is 0.106. The number of nitrogens with zero attached hydrogens (tertiary/aromatic N) is 3. The van der Waals surface area contributed by atoms with Crippen molar-refractivity contribution in [2.75, 3.05) is 5.73 Å². The van der Waals surface area contributed by atoms with Crippen molar-refractivity contribution in [3.63, 3.8) is 0 Å². The smallest absolute Gasteiger partial charge is 0.122 e. The molecule has 2 heterocycles. The van der Waals surface area contributed by atoms with Gasteiger partial charge in [0.05, 0.1) is 22.9 Å². The maximum Gasteiger partial charge on any atom is 0.122 e. The van der Waals surface area contributed by atoms with E-state index in [-0.39, 0.29) is 6.04 Å². The summed E-state index contributed by atoms with van der Waals surface area (Å²) >= 11 is 1.58. The molecule has 14 heavy (non-hydrogen) atoms. The molecule has 2 rings (SSSR count). The lowest BCUT2D eigenvalue weighted by Gasteiger charge is -2.10. The largest absolute Gasteiger partial charge is 0.384 e. The molecule has 0 saturated carbocycles. The fourth-order valence-electron chi connectivity index (χ4n) is 1.40. The third-order valence-corrected chi connectivity index (χ3v) is 2.74.